The van der Waals surface area contributed by atoms with E-state index in [2.05, 4.69) is 0 Å². The minimum atomic E-state index is -0.790. The van der Waals surface area contributed by atoms with Gasteiger partial charge in [0.2, 0.25) is 0 Å². The molecule has 1 aromatic rings. The van der Waals surface area contributed by atoms with Crippen molar-refractivity contribution < 1.29 is 20.2 Å². The second-order valence-corrected chi connectivity index (χ2v) is 2.45. The predicted octanol–water partition coefficient (Wildman–Crippen LogP) is 0.00350. The minimum absolute atomic E-state index is 0.0419. The monoisotopic (exact) mass is 183 g/mol. The lowest BCUT2D eigenvalue weighted by Gasteiger charge is -2.03. The highest BCUT2D eigenvalue weighted by Crippen LogP contribution is 2.18. The number of phenolic OH excluding ortho intramolecular Hbond substituents is 1. The largest absolute Gasteiger partial charge is 0.507 e. The molecule has 0 saturated heterocycles. The van der Waals surface area contributed by atoms with Crippen LogP contribution in [0.4, 0.5) is 0 Å². The Morgan fingerprint density at radius 1 is 1.46 bits per heavy atom. The summed E-state index contributed by atoms with van der Waals surface area (Å²) in [4.78, 5) is 10.9. The molecule has 0 unspecified atom stereocenters. The quantitative estimate of drug-likeness (QED) is 0.384. The number of carbonyl (C=O) groups excluding carboxylic acids is 1. The molecule has 1 aromatic carbocycles. The fourth-order valence-corrected chi connectivity index (χ4v) is 0.928. The van der Waals surface area contributed by atoms with Gasteiger partial charge in [0.25, 0.3) is 5.91 Å². The number of phenols is 1. The smallest absolute Gasteiger partial charge is 0.278 e. The van der Waals surface area contributed by atoms with Gasteiger partial charge in [0, 0.05) is 0 Å². The first-order valence-electron chi connectivity index (χ1n) is 3.56. The Morgan fingerprint density at radius 3 is 2.62 bits per heavy atom. The number of carbonyl (C=O) groups is 1. The average Bonchev–Trinajstić information content (AvgIpc) is 2.16. The molecule has 1 amide bonds. The summed E-state index contributed by atoms with van der Waals surface area (Å²) in [6, 6.07) is 4.04. The van der Waals surface area contributed by atoms with Gasteiger partial charge < -0.3 is 10.2 Å². The average molecular weight is 183 g/mol. The Morgan fingerprint density at radius 2 is 2.15 bits per heavy atom. The van der Waals surface area contributed by atoms with Crippen molar-refractivity contribution in [3.63, 3.8) is 0 Å². The second-order valence-electron chi connectivity index (χ2n) is 2.45. The molecule has 0 aliphatic rings. The lowest BCUT2D eigenvalue weighted by Crippen LogP contribution is -2.18. The molecule has 0 radical (unpaired) electrons. The van der Waals surface area contributed by atoms with Crippen LogP contribution in [-0.2, 0) is 6.61 Å². The number of aliphatic hydroxyl groups is 1. The molecule has 0 heterocycles. The molecule has 0 spiro atoms. The van der Waals surface area contributed by atoms with E-state index in [1.807, 2.05) is 0 Å². The Balaban J connectivity index is 3.05. The number of aromatic hydroxyl groups is 1. The van der Waals surface area contributed by atoms with E-state index in [0.29, 0.717) is 5.56 Å². The molecule has 4 N–H and O–H groups in total. The minimum Gasteiger partial charge on any atom is -0.507 e. The van der Waals surface area contributed by atoms with E-state index in [1.165, 1.54) is 23.7 Å². The normalized spacial score (nSPS) is 9.69. The third-order valence-electron chi connectivity index (χ3n) is 1.59. The molecule has 13 heavy (non-hydrogen) atoms. The summed E-state index contributed by atoms with van der Waals surface area (Å²) in [5.74, 6) is -1.07. The topological polar surface area (TPSA) is 89.8 Å². The first-order valence-corrected chi connectivity index (χ1v) is 3.56. The number of benzene rings is 1. The molecular formula is C8H9NO4. The molecule has 0 aliphatic heterocycles. The lowest BCUT2D eigenvalue weighted by atomic mass is 10.1. The van der Waals surface area contributed by atoms with Gasteiger partial charge in [-0.1, -0.05) is 6.07 Å². The highest BCUT2D eigenvalue weighted by Gasteiger charge is 2.09. The molecule has 70 valence electrons. The molecule has 5 nitrogen and oxygen atoms in total. The fourth-order valence-electron chi connectivity index (χ4n) is 0.928. The number of rotatable bonds is 2. The predicted molar refractivity (Wildman–Crippen MR) is 43.3 cm³/mol. The van der Waals surface area contributed by atoms with Crippen molar-refractivity contribution in [1.82, 2.24) is 5.48 Å². The van der Waals surface area contributed by atoms with Gasteiger partial charge in [0.1, 0.15) is 5.75 Å². The molecule has 0 aliphatic carbocycles. The standard InChI is InChI=1S/C8H9NO4/c10-4-5-1-2-6(7(11)3-5)8(12)9-13/h1-3,10-11,13H,4H2,(H,9,12). The Bertz CT molecular complexity index is 324. The molecule has 0 bridgehead atoms. The van der Waals surface area contributed by atoms with Crippen LogP contribution in [0.1, 0.15) is 15.9 Å². The van der Waals surface area contributed by atoms with Crippen molar-refractivity contribution in [2.24, 2.45) is 0 Å². The summed E-state index contributed by atoms with van der Waals surface area (Å²) in [7, 11) is 0. The van der Waals surface area contributed by atoms with Crippen LogP contribution in [0.25, 0.3) is 0 Å². The van der Waals surface area contributed by atoms with E-state index in [9.17, 15) is 9.90 Å². The van der Waals surface area contributed by atoms with Gasteiger partial charge in [-0.3, -0.25) is 10.0 Å². The Hall–Kier alpha value is -1.59. The summed E-state index contributed by atoms with van der Waals surface area (Å²) in [6.07, 6.45) is 0. The van der Waals surface area contributed by atoms with Gasteiger partial charge in [-0.2, -0.15) is 0 Å². The van der Waals surface area contributed by atoms with E-state index in [0.717, 1.165) is 0 Å². The van der Waals surface area contributed by atoms with Crippen LogP contribution in [0.15, 0.2) is 18.2 Å². The van der Waals surface area contributed by atoms with E-state index in [1.54, 1.807) is 0 Å². The number of aliphatic hydroxyl groups excluding tert-OH is 1. The number of nitrogens with one attached hydrogen (secondary N) is 1. The van der Waals surface area contributed by atoms with Crippen LogP contribution in [0.2, 0.25) is 0 Å². The molecule has 0 fully saturated rings. The van der Waals surface area contributed by atoms with Crippen molar-refractivity contribution in [3.8, 4) is 5.75 Å². The van der Waals surface area contributed by atoms with Crippen LogP contribution in [0.5, 0.6) is 5.75 Å². The van der Waals surface area contributed by atoms with Crippen molar-refractivity contribution >= 4 is 5.91 Å². The van der Waals surface area contributed by atoms with Crippen molar-refractivity contribution in [1.29, 1.82) is 0 Å². The molecule has 5 heteroatoms. The summed E-state index contributed by atoms with van der Waals surface area (Å²) in [5, 5.41) is 26.2. The van der Waals surface area contributed by atoms with E-state index in [4.69, 9.17) is 10.3 Å². The number of amides is 1. The highest BCUT2D eigenvalue weighted by molar-refractivity contribution is 5.96. The molecule has 0 aromatic heterocycles. The third kappa shape index (κ3) is 1.95. The summed E-state index contributed by atoms with van der Waals surface area (Å²) < 4.78 is 0. The maximum atomic E-state index is 10.9. The van der Waals surface area contributed by atoms with E-state index in [-0.39, 0.29) is 17.9 Å². The van der Waals surface area contributed by atoms with Crippen LogP contribution in [0.3, 0.4) is 0 Å². The van der Waals surface area contributed by atoms with Gasteiger partial charge in [-0.05, 0) is 17.7 Å². The number of hydrogen-bond donors (Lipinski definition) is 4. The van der Waals surface area contributed by atoms with Crippen molar-refractivity contribution in [2.45, 2.75) is 6.61 Å². The zero-order valence-corrected chi connectivity index (χ0v) is 6.69. The highest BCUT2D eigenvalue weighted by atomic mass is 16.5. The molecular weight excluding hydrogens is 174 g/mol. The molecule has 0 saturated carbocycles. The van der Waals surface area contributed by atoms with Gasteiger partial charge in [0.15, 0.2) is 0 Å². The van der Waals surface area contributed by atoms with E-state index < -0.39 is 5.91 Å². The lowest BCUT2D eigenvalue weighted by molar-refractivity contribution is 0.0703. The zero-order chi connectivity index (χ0) is 9.84. The summed E-state index contributed by atoms with van der Waals surface area (Å²) in [5.41, 5.74) is 1.85. The first-order chi connectivity index (χ1) is 6.19. The van der Waals surface area contributed by atoms with Gasteiger partial charge >= 0.3 is 0 Å². The fraction of sp³-hybridized carbons (Fsp3) is 0.125. The van der Waals surface area contributed by atoms with Crippen LogP contribution >= 0.6 is 0 Å². The van der Waals surface area contributed by atoms with Gasteiger partial charge in [0.05, 0.1) is 12.2 Å². The maximum absolute atomic E-state index is 10.9. The van der Waals surface area contributed by atoms with Gasteiger partial charge in [-0.15, -0.1) is 0 Å². The van der Waals surface area contributed by atoms with E-state index >= 15 is 0 Å². The second kappa shape index (κ2) is 3.88. The number of hydroxylamine groups is 1. The van der Waals surface area contributed by atoms with Gasteiger partial charge in [-0.25, -0.2) is 5.48 Å². The van der Waals surface area contributed by atoms with Crippen LogP contribution < -0.4 is 5.48 Å². The molecule has 0 atom stereocenters. The number of hydrogen-bond acceptors (Lipinski definition) is 4. The summed E-state index contributed by atoms with van der Waals surface area (Å²) >= 11 is 0. The first kappa shape index (κ1) is 9.50. The maximum Gasteiger partial charge on any atom is 0.278 e. The van der Waals surface area contributed by atoms with Crippen LogP contribution in [0, 0.1) is 0 Å². The van der Waals surface area contributed by atoms with Crippen molar-refractivity contribution in [3.05, 3.63) is 29.3 Å². The SMILES string of the molecule is O=C(NO)c1ccc(CO)cc1O. The molecule has 1 rings (SSSR count). The Kier molecular flexibility index (Phi) is 2.84. The van der Waals surface area contributed by atoms with Crippen molar-refractivity contribution in [2.75, 3.05) is 0 Å². The zero-order valence-electron chi connectivity index (χ0n) is 6.69. The summed E-state index contributed by atoms with van der Waals surface area (Å²) in [6.45, 7) is -0.214. The third-order valence-corrected chi connectivity index (χ3v) is 1.59. The van der Waals surface area contributed by atoms with Crippen LogP contribution in [-0.4, -0.2) is 21.3 Å². The Labute approximate surface area is 74.2 Å².